The molecule has 0 radical (unpaired) electrons. The first-order valence-corrected chi connectivity index (χ1v) is 7.58. The topological polar surface area (TPSA) is 29.1 Å². The molecular weight excluding hydrogens is 303 g/mol. The van der Waals surface area contributed by atoms with Crippen LogP contribution in [0.1, 0.15) is 29.5 Å². The van der Waals surface area contributed by atoms with E-state index in [1.54, 1.807) is 0 Å². The molecule has 0 spiro atoms. The molecule has 0 saturated heterocycles. The highest BCUT2D eigenvalue weighted by Gasteiger charge is 2.16. The maximum absolute atomic E-state index is 13.6. The molecule has 0 unspecified atom stereocenters. The van der Waals surface area contributed by atoms with E-state index in [-0.39, 0.29) is 12.1 Å². The number of carbonyl (C=O) groups excluding carboxylic acids is 1. The van der Waals surface area contributed by atoms with Crippen LogP contribution in [0.4, 0.5) is 18.9 Å². The zero-order valence-corrected chi connectivity index (χ0v) is 12.5. The highest BCUT2D eigenvalue weighted by molar-refractivity contribution is 5.92. The summed E-state index contributed by atoms with van der Waals surface area (Å²) in [6, 6.07) is 7.70. The van der Waals surface area contributed by atoms with Crippen molar-refractivity contribution >= 4 is 11.6 Å². The second kappa shape index (κ2) is 6.44. The van der Waals surface area contributed by atoms with E-state index in [0.717, 1.165) is 37.0 Å². The molecule has 0 heterocycles. The van der Waals surface area contributed by atoms with Gasteiger partial charge in [-0.15, -0.1) is 0 Å². The van der Waals surface area contributed by atoms with E-state index >= 15 is 0 Å². The summed E-state index contributed by atoms with van der Waals surface area (Å²) < 4.78 is 39.6. The summed E-state index contributed by atoms with van der Waals surface area (Å²) >= 11 is 0. The third kappa shape index (κ3) is 3.38. The van der Waals surface area contributed by atoms with Crippen molar-refractivity contribution in [3.8, 4) is 0 Å². The monoisotopic (exact) mass is 319 g/mol. The third-order valence-corrected chi connectivity index (χ3v) is 4.09. The summed E-state index contributed by atoms with van der Waals surface area (Å²) in [6.45, 7) is 0. The van der Waals surface area contributed by atoms with Crippen LogP contribution in [0.3, 0.4) is 0 Å². The summed E-state index contributed by atoms with van der Waals surface area (Å²) in [4.78, 5) is 12.0. The van der Waals surface area contributed by atoms with Crippen LogP contribution >= 0.6 is 0 Å². The Bertz CT molecular complexity index is 758. The first kappa shape index (κ1) is 15.6. The van der Waals surface area contributed by atoms with E-state index in [1.165, 1.54) is 17.5 Å². The number of benzene rings is 2. The maximum Gasteiger partial charge on any atom is 0.228 e. The molecule has 0 aliphatic heterocycles. The molecule has 0 aromatic heterocycles. The predicted molar refractivity (Wildman–Crippen MR) is 81.7 cm³/mol. The number of nitrogens with one attached hydrogen (secondary N) is 1. The van der Waals surface area contributed by atoms with Gasteiger partial charge in [-0.05, 0) is 54.5 Å². The number of fused-ring (bicyclic) bond motifs is 1. The van der Waals surface area contributed by atoms with Crippen molar-refractivity contribution in [2.45, 2.75) is 32.1 Å². The quantitative estimate of drug-likeness (QED) is 0.846. The standard InChI is InChI=1S/C18H16F3NO/c19-14-7-8-15(18(21)17(14)20)22-16(23)10-11-5-6-12-3-1-2-4-13(12)9-11/h5-9H,1-4,10H2,(H,22,23). The average molecular weight is 319 g/mol. The van der Waals surface area contributed by atoms with Crippen molar-refractivity contribution in [1.82, 2.24) is 0 Å². The van der Waals surface area contributed by atoms with E-state index in [1.807, 2.05) is 18.2 Å². The Hall–Kier alpha value is -2.30. The molecule has 5 heteroatoms. The van der Waals surface area contributed by atoms with Gasteiger partial charge in [-0.25, -0.2) is 13.2 Å². The number of rotatable bonds is 3. The molecule has 2 aromatic carbocycles. The fourth-order valence-corrected chi connectivity index (χ4v) is 2.90. The van der Waals surface area contributed by atoms with Crippen LogP contribution in [0, 0.1) is 17.5 Å². The number of anilines is 1. The van der Waals surface area contributed by atoms with Crippen LogP contribution in [0.5, 0.6) is 0 Å². The van der Waals surface area contributed by atoms with Crippen molar-refractivity contribution in [1.29, 1.82) is 0 Å². The van der Waals surface area contributed by atoms with Crippen LogP contribution in [-0.2, 0) is 24.1 Å². The average Bonchev–Trinajstić information content (AvgIpc) is 2.55. The Balaban J connectivity index is 1.71. The van der Waals surface area contributed by atoms with Crippen molar-refractivity contribution in [2.24, 2.45) is 0 Å². The summed E-state index contributed by atoms with van der Waals surface area (Å²) in [6.07, 6.45) is 4.45. The Morgan fingerprint density at radius 3 is 2.48 bits per heavy atom. The first-order valence-electron chi connectivity index (χ1n) is 7.58. The number of hydrogen-bond acceptors (Lipinski definition) is 1. The lowest BCUT2D eigenvalue weighted by Gasteiger charge is -2.16. The largest absolute Gasteiger partial charge is 0.323 e. The van der Waals surface area contributed by atoms with Crippen molar-refractivity contribution in [2.75, 3.05) is 5.32 Å². The van der Waals surface area contributed by atoms with Gasteiger partial charge in [0.2, 0.25) is 5.91 Å². The van der Waals surface area contributed by atoms with Gasteiger partial charge in [0.25, 0.3) is 0 Å². The Morgan fingerprint density at radius 1 is 0.957 bits per heavy atom. The molecule has 1 N–H and O–H groups in total. The van der Waals surface area contributed by atoms with Crippen molar-refractivity contribution in [3.05, 3.63) is 64.5 Å². The van der Waals surface area contributed by atoms with Gasteiger partial charge < -0.3 is 5.32 Å². The summed E-state index contributed by atoms with van der Waals surface area (Å²) in [5.74, 6) is -4.72. The van der Waals surface area contributed by atoms with Crippen molar-refractivity contribution < 1.29 is 18.0 Å². The minimum Gasteiger partial charge on any atom is -0.323 e. The van der Waals surface area contributed by atoms with Gasteiger partial charge in [0.15, 0.2) is 17.5 Å². The molecule has 23 heavy (non-hydrogen) atoms. The fourth-order valence-electron chi connectivity index (χ4n) is 2.90. The minimum atomic E-state index is -1.59. The number of amides is 1. The molecule has 1 amide bonds. The van der Waals surface area contributed by atoms with Crippen LogP contribution in [0.25, 0.3) is 0 Å². The van der Waals surface area contributed by atoms with E-state index in [4.69, 9.17) is 0 Å². The first-order chi connectivity index (χ1) is 11.0. The Labute approximate surface area is 132 Å². The minimum absolute atomic E-state index is 0.0612. The number of halogens is 3. The van der Waals surface area contributed by atoms with Crippen LogP contribution in [0.2, 0.25) is 0 Å². The SMILES string of the molecule is O=C(Cc1ccc2c(c1)CCCC2)Nc1ccc(F)c(F)c1F. The summed E-state index contributed by atoms with van der Waals surface area (Å²) in [7, 11) is 0. The van der Waals surface area contributed by atoms with Gasteiger partial charge in [-0.2, -0.15) is 0 Å². The number of aryl methyl sites for hydroxylation is 2. The zero-order chi connectivity index (χ0) is 16.4. The smallest absolute Gasteiger partial charge is 0.228 e. The molecule has 1 aliphatic carbocycles. The molecule has 2 nitrogen and oxygen atoms in total. The molecule has 0 saturated carbocycles. The normalized spacial score (nSPS) is 13.5. The summed E-state index contributed by atoms with van der Waals surface area (Å²) in [5.41, 5.74) is 3.03. The van der Waals surface area contributed by atoms with E-state index in [2.05, 4.69) is 5.32 Å². The van der Waals surface area contributed by atoms with Gasteiger partial charge in [0.1, 0.15) is 0 Å². The van der Waals surface area contributed by atoms with Gasteiger partial charge in [-0.1, -0.05) is 18.2 Å². The number of carbonyl (C=O) groups is 1. The van der Waals surface area contributed by atoms with Crippen LogP contribution in [-0.4, -0.2) is 5.91 Å². The molecule has 1 aliphatic rings. The van der Waals surface area contributed by atoms with E-state index in [0.29, 0.717) is 0 Å². The Kier molecular flexibility index (Phi) is 4.37. The van der Waals surface area contributed by atoms with Gasteiger partial charge in [0, 0.05) is 0 Å². The molecule has 120 valence electrons. The molecular formula is C18H16F3NO. The lowest BCUT2D eigenvalue weighted by atomic mass is 9.90. The van der Waals surface area contributed by atoms with E-state index < -0.39 is 23.4 Å². The highest BCUT2D eigenvalue weighted by Crippen LogP contribution is 2.23. The zero-order valence-electron chi connectivity index (χ0n) is 12.5. The second-order valence-corrected chi connectivity index (χ2v) is 5.76. The molecule has 0 fully saturated rings. The number of hydrogen-bond donors (Lipinski definition) is 1. The third-order valence-electron chi connectivity index (χ3n) is 4.09. The molecule has 0 bridgehead atoms. The predicted octanol–water partition coefficient (Wildman–Crippen LogP) is 4.16. The molecule has 2 aromatic rings. The van der Waals surface area contributed by atoms with Crippen LogP contribution in [0.15, 0.2) is 30.3 Å². The highest BCUT2D eigenvalue weighted by atomic mass is 19.2. The summed E-state index contributed by atoms with van der Waals surface area (Å²) in [5, 5.41) is 2.29. The second-order valence-electron chi connectivity index (χ2n) is 5.76. The lowest BCUT2D eigenvalue weighted by molar-refractivity contribution is -0.115. The maximum atomic E-state index is 13.6. The van der Waals surface area contributed by atoms with Crippen LogP contribution < -0.4 is 5.32 Å². The van der Waals surface area contributed by atoms with Crippen molar-refractivity contribution in [3.63, 3.8) is 0 Å². The molecule has 3 rings (SSSR count). The van der Waals surface area contributed by atoms with Gasteiger partial charge >= 0.3 is 0 Å². The fraction of sp³-hybridized carbons (Fsp3) is 0.278. The van der Waals surface area contributed by atoms with Gasteiger partial charge in [-0.3, -0.25) is 4.79 Å². The lowest BCUT2D eigenvalue weighted by Crippen LogP contribution is -2.16. The Morgan fingerprint density at radius 2 is 1.70 bits per heavy atom. The molecule has 0 atom stereocenters. The van der Waals surface area contributed by atoms with E-state index in [9.17, 15) is 18.0 Å². The van der Waals surface area contributed by atoms with Gasteiger partial charge in [0.05, 0.1) is 12.1 Å².